The van der Waals surface area contributed by atoms with Crippen molar-refractivity contribution in [2.24, 2.45) is 0 Å². The van der Waals surface area contributed by atoms with Gasteiger partial charge in [-0.25, -0.2) is 0 Å². The van der Waals surface area contributed by atoms with Gasteiger partial charge in [-0.1, -0.05) is 0 Å². The van der Waals surface area contributed by atoms with E-state index in [1.807, 2.05) is 6.92 Å². The molecule has 1 rings (SSSR count). The summed E-state index contributed by atoms with van der Waals surface area (Å²) < 4.78 is 10.4. The number of methoxy groups -OCH3 is 1. The fourth-order valence-corrected chi connectivity index (χ4v) is 1.68. The zero-order valence-corrected chi connectivity index (χ0v) is 9.93. The molecule has 0 saturated carbocycles. The summed E-state index contributed by atoms with van der Waals surface area (Å²) in [7, 11) is -0.259. The van der Waals surface area contributed by atoms with E-state index in [1.54, 1.807) is 13.2 Å². The van der Waals surface area contributed by atoms with E-state index in [1.165, 1.54) is 6.20 Å². The molecule has 7 heteroatoms. The Morgan fingerprint density at radius 3 is 2.67 bits per heavy atom. The second kappa shape index (κ2) is 5.46. The van der Waals surface area contributed by atoms with Crippen molar-refractivity contribution in [2.45, 2.75) is 13.0 Å². The van der Waals surface area contributed by atoms with Crippen molar-refractivity contribution in [2.75, 3.05) is 7.11 Å². The number of hydrogen-bond acceptors (Lipinski definition) is 5. The Balaban J connectivity index is 2.88. The maximum atomic E-state index is 8.59. The van der Waals surface area contributed by atoms with Crippen LogP contribution in [0.25, 0.3) is 0 Å². The SMILES string of the molecule is CO[C@@H](C)c1ncc(OB(O)O)cc1Br. The smallest absolute Gasteiger partial charge is 0.511 e. The molecule has 1 heterocycles. The van der Waals surface area contributed by atoms with Gasteiger partial charge in [-0.15, -0.1) is 0 Å². The second-order valence-corrected chi connectivity index (χ2v) is 3.71. The van der Waals surface area contributed by atoms with E-state index in [4.69, 9.17) is 14.8 Å². The zero-order valence-electron chi connectivity index (χ0n) is 8.35. The third-order valence-corrected chi connectivity index (χ3v) is 2.46. The predicted octanol–water partition coefficient (Wildman–Crippen LogP) is 0.900. The number of rotatable bonds is 4. The Kier molecular flexibility index (Phi) is 4.53. The maximum absolute atomic E-state index is 8.59. The fraction of sp³-hybridized carbons (Fsp3) is 0.375. The van der Waals surface area contributed by atoms with E-state index in [-0.39, 0.29) is 11.9 Å². The highest BCUT2D eigenvalue weighted by atomic mass is 79.9. The van der Waals surface area contributed by atoms with Crippen LogP contribution in [0.5, 0.6) is 5.75 Å². The van der Waals surface area contributed by atoms with Gasteiger partial charge in [0.15, 0.2) is 0 Å². The number of aromatic nitrogens is 1. The fourth-order valence-electron chi connectivity index (χ4n) is 1.03. The van der Waals surface area contributed by atoms with Gasteiger partial charge in [-0.2, -0.15) is 0 Å². The molecule has 15 heavy (non-hydrogen) atoms. The first kappa shape index (κ1) is 12.4. The number of hydrogen-bond donors (Lipinski definition) is 2. The number of ether oxygens (including phenoxy) is 1. The van der Waals surface area contributed by atoms with Crippen LogP contribution in [-0.2, 0) is 4.74 Å². The molecule has 0 aliphatic heterocycles. The summed E-state index contributed by atoms with van der Waals surface area (Å²) in [4.78, 5) is 4.08. The van der Waals surface area contributed by atoms with Crippen LogP contribution < -0.4 is 4.65 Å². The zero-order chi connectivity index (χ0) is 11.4. The van der Waals surface area contributed by atoms with Crippen molar-refractivity contribution in [3.63, 3.8) is 0 Å². The standard InChI is InChI=1S/C8H11BBrNO4/c1-5(14-2)8-7(10)3-6(4-11-8)15-9(12)13/h3-5,12-13H,1-2H3/t5-/m0/s1. The van der Waals surface area contributed by atoms with Gasteiger partial charge in [0.1, 0.15) is 5.75 Å². The van der Waals surface area contributed by atoms with Gasteiger partial charge in [0, 0.05) is 11.6 Å². The molecule has 1 aromatic heterocycles. The molecule has 1 aromatic rings. The summed E-state index contributed by atoms with van der Waals surface area (Å²) in [5.74, 6) is 0.268. The third kappa shape index (κ3) is 3.46. The summed E-state index contributed by atoms with van der Waals surface area (Å²) in [6.45, 7) is 1.86. The summed E-state index contributed by atoms with van der Waals surface area (Å²) in [6.07, 6.45) is 1.25. The number of nitrogens with zero attached hydrogens (tertiary/aromatic N) is 1. The quantitative estimate of drug-likeness (QED) is 0.799. The van der Waals surface area contributed by atoms with Gasteiger partial charge in [-0.3, -0.25) is 4.98 Å². The maximum Gasteiger partial charge on any atom is 0.707 e. The Labute approximate surface area is 96.4 Å². The highest BCUT2D eigenvalue weighted by molar-refractivity contribution is 9.10. The van der Waals surface area contributed by atoms with Crippen LogP contribution in [0.3, 0.4) is 0 Å². The molecule has 0 unspecified atom stereocenters. The monoisotopic (exact) mass is 275 g/mol. The molecule has 0 radical (unpaired) electrons. The Morgan fingerprint density at radius 1 is 1.53 bits per heavy atom. The molecule has 0 bridgehead atoms. The molecule has 0 spiro atoms. The summed E-state index contributed by atoms with van der Waals surface area (Å²) >= 11 is 3.29. The molecule has 0 aliphatic carbocycles. The third-order valence-electron chi connectivity index (χ3n) is 1.82. The lowest BCUT2D eigenvalue weighted by Crippen LogP contribution is -2.20. The van der Waals surface area contributed by atoms with E-state index in [9.17, 15) is 0 Å². The number of pyridine rings is 1. The first-order valence-electron chi connectivity index (χ1n) is 4.25. The van der Waals surface area contributed by atoms with Crippen molar-refractivity contribution in [3.05, 3.63) is 22.4 Å². The van der Waals surface area contributed by atoms with Gasteiger partial charge in [0.05, 0.1) is 18.0 Å². The Bertz CT molecular complexity index is 336. The molecule has 5 nitrogen and oxygen atoms in total. The van der Waals surface area contributed by atoms with Crippen LogP contribution >= 0.6 is 15.9 Å². The van der Waals surface area contributed by atoms with Gasteiger partial charge in [0.2, 0.25) is 0 Å². The Hall–Kier alpha value is -0.625. The lowest BCUT2D eigenvalue weighted by molar-refractivity contribution is 0.115. The average Bonchev–Trinajstić information content (AvgIpc) is 2.16. The van der Waals surface area contributed by atoms with Crippen LogP contribution in [0, 0.1) is 0 Å². The van der Waals surface area contributed by atoms with E-state index < -0.39 is 7.32 Å². The summed E-state index contributed by atoms with van der Waals surface area (Å²) in [5.41, 5.74) is 0.720. The lowest BCUT2D eigenvalue weighted by atomic mass is 10.2. The topological polar surface area (TPSA) is 71.8 Å². The minimum absolute atomic E-state index is 0.146. The summed E-state index contributed by atoms with van der Waals surface area (Å²) in [6, 6.07) is 1.59. The Morgan fingerprint density at radius 2 is 2.20 bits per heavy atom. The van der Waals surface area contributed by atoms with Crippen molar-refractivity contribution >= 4 is 23.3 Å². The van der Waals surface area contributed by atoms with Crippen molar-refractivity contribution in [1.29, 1.82) is 0 Å². The van der Waals surface area contributed by atoms with Crippen LogP contribution in [-0.4, -0.2) is 29.5 Å². The van der Waals surface area contributed by atoms with Gasteiger partial charge in [0.25, 0.3) is 0 Å². The van der Waals surface area contributed by atoms with Gasteiger partial charge >= 0.3 is 7.32 Å². The van der Waals surface area contributed by atoms with Gasteiger partial charge < -0.3 is 19.4 Å². The van der Waals surface area contributed by atoms with E-state index in [0.29, 0.717) is 4.47 Å². The van der Waals surface area contributed by atoms with E-state index in [2.05, 4.69) is 25.6 Å². The molecule has 0 amide bonds. The lowest BCUT2D eigenvalue weighted by Gasteiger charge is -2.12. The first-order chi connectivity index (χ1) is 7.04. The molecular weight excluding hydrogens is 265 g/mol. The van der Waals surface area contributed by atoms with Crippen molar-refractivity contribution in [1.82, 2.24) is 4.98 Å². The largest absolute Gasteiger partial charge is 0.707 e. The highest BCUT2D eigenvalue weighted by Crippen LogP contribution is 2.26. The molecule has 1 atom stereocenters. The van der Waals surface area contributed by atoms with E-state index >= 15 is 0 Å². The minimum atomic E-state index is -1.84. The molecule has 82 valence electrons. The van der Waals surface area contributed by atoms with Crippen molar-refractivity contribution in [3.8, 4) is 5.75 Å². The second-order valence-electron chi connectivity index (χ2n) is 2.86. The molecule has 0 aromatic carbocycles. The molecule has 2 N–H and O–H groups in total. The molecule has 0 aliphatic rings. The molecule has 0 fully saturated rings. The first-order valence-corrected chi connectivity index (χ1v) is 5.05. The summed E-state index contributed by atoms with van der Waals surface area (Å²) in [5, 5.41) is 17.2. The average molecular weight is 276 g/mol. The highest BCUT2D eigenvalue weighted by Gasteiger charge is 2.15. The predicted molar refractivity (Wildman–Crippen MR) is 58.2 cm³/mol. The van der Waals surface area contributed by atoms with Crippen LogP contribution in [0.2, 0.25) is 0 Å². The molecule has 0 saturated heterocycles. The molecular formula is C8H11BBrNO4. The van der Waals surface area contributed by atoms with Gasteiger partial charge in [-0.05, 0) is 28.9 Å². The van der Waals surface area contributed by atoms with Crippen LogP contribution in [0.1, 0.15) is 18.7 Å². The number of halogens is 1. The van der Waals surface area contributed by atoms with Crippen LogP contribution in [0.4, 0.5) is 0 Å². The van der Waals surface area contributed by atoms with Crippen molar-refractivity contribution < 1.29 is 19.4 Å². The minimum Gasteiger partial charge on any atom is -0.511 e. The van der Waals surface area contributed by atoms with Crippen LogP contribution in [0.15, 0.2) is 16.7 Å². The van der Waals surface area contributed by atoms with E-state index in [0.717, 1.165) is 5.69 Å². The normalized spacial score (nSPS) is 12.3.